The first kappa shape index (κ1) is 19.4. The van der Waals surface area contributed by atoms with E-state index in [1.54, 1.807) is 12.1 Å². The van der Waals surface area contributed by atoms with Gasteiger partial charge in [0.1, 0.15) is 11.6 Å². The minimum Gasteiger partial charge on any atom is -0.323 e. The van der Waals surface area contributed by atoms with E-state index in [0.29, 0.717) is 17.1 Å². The predicted octanol–water partition coefficient (Wildman–Crippen LogP) is 5.69. The summed E-state index contributed by atoms with van der Waals surface area (Å²) < 4.78 is 16.5. The highest BCUT2D eigenvalue weighted by Gasteiger charge is 2.15. The number of rotatable bonds is 6. The van der Waals surface area contributed by atoms with Gasteiger partial charge in [-0.15, -0.1) is 0 Å². The average Bonchev–Trinajstić information content (AvgIpc) is 2.85. The van der Waals surface area contributed by atoms with Crippen LogP contribution in [0.3, 0.4) is 0 Å². The molecule has 1 fully saturated rings. The Morgan fingerprint density at radius 1 is 0.964 bits per heavy atom. The predicted molar refractivity (Wildman–Crippen MR) is 113 cm³/mol. The second kappa shape index (κ2) is 9.06. The second-order valence-corrected chi connectivity index (χ2v) is 8.07. The fourth-order valence-electron chi connectivity index (χ4n) is 4.15. The first-order valence-corrected chi connectivity index (χ1v) is 10.7. The van der Waals surface area contributed by atoms with Gasteiger partial charge in [0.2, 0.25) is 0 Å². The lowest BCUT2D eigenvalue weighted by Crippen LogP contribution is -2.26. The van der Waals surface area contributed by atoms with Gasteiger partial charge < -0.3 is 9.47 Å². The maximum atomic E-state index is 14.4. The van der Waals surface area contributed by atoms with Gasteiger partial charge in [-0.3, -0.25) is 0 Å². The molecular formula is C23H27ClFN3. The molecule has 1 aliphatic heterocycles. The molecule has 2 aromatic carbocycles. The molecule has 0 atom stereocenters. The van der Waals surface area contributed by atoms with Crippen LogP contribution in [0, 0.1) is 5.82 Å². The quantitative estimate of drug-likeness (QED) is 0.531. The van der Waals surface area contributed by atoms with Crippen molar-refractivity contribution in [3.8, 4) is 0 Å². The summed E-state index contributed by atoms with van der Waals surface area (Å²) in [6, 6.07) is 12.9. The molecule has 0 spiro atoms. The molecule has 3 aromatic rings. The van der Waals surface area contributed by atoms with E-state index >= 15 is 0 Å². The highest BCUT2D eigenvalue weighted by molar-refractivity contribution is 6.31. The summed E-state index contributed by atoms with van der Waals surface area (Å²) >= 11 is 6.29. The second-order valence-electron chi connectivity index (χ2n) is 7.66. The van der Waals surface area contributed by atoms with Crippen LogP contribution in [0.1, 0.15) is 43.5 Å². The van der Waals surface area contributed by atoms with E-state index in [0.717, 1.165) is 36.2 Å². The van der Waals surface area contributed by atoms with Crippen molar-refractivity contribution in [3.63, 3.8) is 0 Å². The molecule has 1 aromatic heterocycles. The van der Waals surface area contributed by atoms with Crippen molar-refractivity contribution in [1.29, 1.82) is 0 Å². The van der Waals surface area contributed by atoms with Crippen molar-refractivity contribution in [2.24, 2.45) is 0 Å². The molecule has 0 radical (unpaired) electrons. The zero-order valence-corrected chi connectivity index (χ0v) is 17.0. The zero-order chi connectivity index (χ0) is 19.3. The van der Waals surface area contributed by atoms with E-state index in [1.165, 1.54) is 44.8 Å². The minimum absolute atomic E-state index is 0.263. The van der Waals surface area contributed by atoms with Gasteiger partial charge in [0, 0.05) is 17.0 Å². The number of benzene rings is 2. The number of hydrogen-bond acceptors (Lipinski definition) is 2. The number of hydrogen-bond donors (Lipinski definition) is 0. The largest absolute Gasteiger partial charge is 0.323 e. The van der Waals surface area contributed by atoms with Crippen LogP contribution in [0.25, 0.3) is 11.0 Å². The van der Waals surface area contributed by atoms with Crippen LogP contribution in [0.2, 0.25) is 5.02 Å². The summed E-state index contributed by atoms with van der Waals surface area (Å²) in [6.45, 7) is 3.93. The molecule has 5 heteroatoms. The van der Waals surface area contributed by atoms with Gasteiger partial charge in [-0.05, 0) is 63.2 Å². The molecule has 1 aliphatic rings. The van der Waals surface area contributed by atoms with Crippen LogP contribution in [-0.2, 0) is 13.0 Å². The molecule has 0 amide bonds. The number of likely N-dealkylation sites (tertiary alicyclic amines) is 1. The van der Waals surface area contributed by atoms with E-state index in [4.69, 9.17) is 16.6 Å². The maximum Gasteiger partial charge on any atom is 0.129 e. The molecule has 1 saturated heterocycles. The topological polar surface area (TPSA) is 21.1 Å². The van der Waals surface area contributed by atoms with E-state index in [1.807, 2.05) is 18.2 Å². The van der Waals surface area contributed by atoms with Gasteiger partial charge in [-0.1, -0.05) is 42.6 Å². The number of nitrogens with zero attached hydrogens (tertiary/aromatic N) is 3. The minimum atomic E-state index is -0.263. The molecule has 0 aliphatic carbocycles. The fourth-order valence-corrected chi connectivity index (χ4v) is 4.38. The molecular weight excluding hydrogens is 373 g/mol. The summed E-state index contributed by atoms with van der Waals surface area (Å²) in [6.07, 6.45) is 7.28. The van der Waals surface area contributed by atoms with Gasteiger partial charge >= 0.3 is 0 Å². The summed E-state index contributed by atoms with van der Waals surface area (Å²) in [5.41, 5.74) is 2.52. The molecule has 148 valence electrons. The van der Waals surface area contributed by atoms with E-state index < -0.39 is 0 Å². The summed E-state index contributed by atoms with van der Waals surface area (Å²) in [5.74, 6) is 0.746. The Bertz CT molecular complexity index is 908. The Kier molecular flexibility index (Phi) is 6.28. The highest BCUT2D eigenvalue weighted by Crippen LogP contribution is 2.24. The van der Waals surface area contributed by atoms with Crippen LogP contribution in [0.4, 0.5) is 4.39 Å². The monoisotopic (exact) mass is 399 g/mol. The van der Waals surface area contributed by atoms with E-state index in [2.05, 4.69) is 15.5 Å². The van der Waals surface area contributed by atoms with Crippen molar-refractivity contribution in [3.05, 3.63) is 64.7 Å². The average molecular weight is 400 g/mol. The van der Waals surface area contributed by atoms with Gasteiger partial charge in [-0.2, -0.15) is 0 Å². The standard InChI is InChI=1S/C23H27ClFN3/c24-19-9-7-10-20(25)18(19)17-28-22-12-4-3-11-21(22)26-23(28)13-8-16-27-14-5-1-2-6-15-27/h3-4,7,9-12H,1-2,5-6,8,13-17H2. The molecule has 3 nitrogen and oxygen atoms in total. The summed E-state index contributed by atoms with van der Waals surface area (Å²) in [5, 5.41) is 0.466. The van der Waals surface area contributed by atoms with E-state index in [9.17, 15) is 4.39 Å². The first-order chi connectivity index (χ1) is 13.7. The molecule has 2 heterocycles. The third kappa shape index (κ3) is 4.39. The van der Waals surface area contributed by atoms with Gasteiger partial charge in [0.15, 0.2) is 0 Å². The third-order valence-corrected chi connectivity index (χ3v) is 6.04. The van der Waals surface area contributed by atoms with E-state index in [-0.39, 0.29) is 5.82 Å². The highest BCUT2D eigenvalue weighted by atomic mass is 35.5. The number of halogens is 2. The number of aryl methyl sites for hydroxylation is 1. The zero-order valence-electron chi connectivity index (χ0n) is 16.2. The van der Waals surface area contributed by atoms with Crippen LogP contribution in [0.15, 0.2) is 42.5 Å². The Morgan fingerprint density at radius 2 is 1.75 bits per heavy atom. The number of imidazole rings is 1. The Hall–Kier alpha value is -1.91. The number of aromatic nitrogens is 2. The van der Waals surface area contributed by atoms with Gasteiger partial charge in [0.25, 0.3) is 0 Å². The SMILES string of the molecule is Fc1cccc(Cl)c1Cn1c(CCCN2CCCCCC2)nc2ccccc21. The van der Waals surface area contributed by atoms with Crippen molar-refractivity contribution in [1.82, 2.24) is 14.5 Å². The van der Waals surface area contributed by atoms with Gasteiger partial charge in [0.05, 0.1) is 17.6 Å². The summed E-state index contributed by atoms with van der Waals surface area (Å²) in [4.78, 5) is 7.43. The first-order valence-electron chi connectivity index (χ1n) is 10.3. The fraction of sp³-hybridized carbons (Fsp3) is 0.435. The lowest BCUT2D eigenvalue weighted by Gasteiger charge is -2.19. The smallest absolute Gasteiger partial charge is 0.129 e. The van der Waals surface area contributed by atoms with Crippen LogP contribution >= 0.6 is 11.6 Å². The van der Waals surface area contributed by atoms with Crippen molar-refractivity contribution in [2.45, 2.75) is 45.1 Å². The summed E-state index contributed by atoms with van der Waals surface area (Å²) in [7, 11) is 0. The molecule has 4 rings (SSSR count). The Labute approximate surface area is 171 Å². The lowest BCUT2D eigenvalue weighted by atomic mass is 10.2. The normalized spacial score (nSPS) is 15.8. The molecule has 0 N–H and O–H groups in total. The Balaban J connectivity index is 1.55. The number of para-hydroxylation sites is 2. The Morgan fingerprint density at radius 3 is 2.54 bits per heavy atom. The van der Waals surface area contributed by atoms with Crippen LogP contribution < -0.4 is 0 Å². The lowest BCUT2D eigenvalue weighted by molar-refractivity contribution is 0.280. The third-order valence-electron chi connectivity index (χ3n) is 5.68. The molecule has 0 saturated carbocycles. The van der Waals surface area contributed by atoms with Gasteiger partial charge in [-0.25, -0.2) is 9.37 Å². The molecule has 28 heavy (non-hydrogen) atoms. The van der Waals surface area contributed by atoms with Crippen molar-refractivity contribution >= 4 is 22.6 Å². The van der Waals surface area contributed by atoms with Crippen LogP contribution in [-0.4, -0.2) is 34.1 Å². The number of fused-ring (bicyclic) bond motifs is 1. The van der Waals surface area contributed by atoms with Crippen molar-refractivity contribution in [2.75, 3.05) is 19.6 Å². The molecule has 0 bridgehead atoms. The molecule has 0 unspecified atom stereocenters. The van der Waals surface area contributed by atoms with Crippen LogP contribution in [0.5, 0.6) is 0 Å². The maximum absolute atomic E-state index is 14.4. The van der Waals surface area contributed by atoms with Crippen molar-refractivity contribution < 1.29 is 4.39 Å².